The topological polar surface area (TPSA) is 0 Å². The van der Waals surface area contributed by atoms with E-state index < -0.39 is 0 Å². The highest BCUT2D eigenvalue weighted by Gasteiger charge is 2.41. The summed E-state index contributed by atoms with van der Waals surface area (Å²) in [4.78, 5) is 0. The van der Waals surface area contributed by atoms with Crippen molar-refractivity contribution in [3.05, 3.63) is 204 Å². The van der Waals surface area contributed by atoms with Crippen molar-refractivity contribution in [2.45, 2.75) is 25.2 Å². The Kier molecular flexibility index (Phi) is 6.65. The monoisotopic (exact) mass is 676 g/mol. The van der Waals surface area contributed by atoms with Gasteiger partial charge in [-0.1, -0.05) is 178 Å². The molecule has 4 unspecified atom stereocenters. The molecule has 0 spiro atoms. The van der Waals surface area contributed by atoms with Crippen LogP contribution < -0.4 is 0 Å². The van der Waals surface area contributed by atoms with Gasteiger partial charge < -0.3 is 0 Å². The van der Waals surface area contributed by atoms with Gasteiger partial charge in [-0.25, -0.2) is 0 Å². The zero-order valence-corrected chi connectivity index (χ0v) is 30.1. The van der Waals surface area contributed by atoms with Gasteiger partial charge in [0.05, 0.1) is 0 Å². The Bertz CT molecular complexity index is 2780. The molecule has 4 aliphatic carbocycles. The number of allylic oxidation sites excluding steroid dienone is 7. The van der Waals surface area contributed by atoms with Gasteiger partial charge >= 0.3 is 0 Å². The minimum Gasteiger partial charge on any atom is -0.0799 e. The molecular formula is C53H40. The van der Waals surface area contributed by atoms with E-state index in [9.17, 15) is 0 Å². The lowest BCUT2D eigenvalue weighted by Crippen LogP contribution is -2.32. The van der Waals surface area contributed by atoms with Gasteiger partial charge in [0.15, 0.2) is 0 Å². The lowest BCUT2D eigenvalue weighted by Gasteiger charge is -2.43. The van der Waals surface area contributed by atoms with E-state index in [2.05, 4.69) is 196 Å². The van der Waals surface area contributed by atoms with E-state index in [0.717, 1.165) is 0 Å². The van der Waals surface area contributed by atoms with E-state index in [4.69, 9.17) is 0 Å². The molecule has 0 fully saturated rings. The molecule has 11 rings (SSSR count). The zero-order valence-electron chi connectivity index (χ0n) is 30.1. The van der Waals surface area contributed by atoms with Gasteiger partial charge in [-0.2, -0.15) is 0 Å². The summed E-state index contributed by atoms with van der Waals surface area (Å²) in [6, 6.07) is 52.7. The van der Waals surface area contributed by atoms with Gasteiger partial charge in [-0.15, -0.1) is 0 Å². The van der Waals surface area contributed by atoms with Crippen LogP contribution >= 0.6 is 0 Å². The molecule has 0 amide bonds. The second-order valence-electron chi connectivity index (χ2n) is 16.0. The molecule has 0 saturated heterocycles. The van der Waals surface area contributed by atoms with Crippen LogP contribution in [0.5, 0.6) is 0 Å². The Morgan fingerprint density at radius 2 is 1.15 bits per heavy atom. The van der Waals surface area contributed by atoms with Gasteiger partial charge in [-0.3, -0.25) is 0 Å². The molecule has 0 aliphatic heterocycles. The maximum Gasteiger partial charge on any atom is 0.0159 e. The van der Waals surface area contributed by atoms with Crippen LogP contribution in [-0.4, -0.2) is 0 Å². The van der Waals surface area contributed by atoms with Crippen molar-refractivity contribution in [1.29, 1.82) is 0 Å². The van der Waals surface area contributed by atoms with Crippen molar-refractivity contribution >= 4 is 33.2 Å². The molecule has 4 atom stereocenters. The number of rotatable bonds is 3. The van der Waals surface area contributed by atoms with Gasteiger partial charge in [-0.05, 0) is 112 Å². The quantitative estimate of drug-likeness (QED) is 0.175. The summed E-state index contributed by atoms with van der Waals surface area (Å²) in [6.07, 6.45) is 16.8. The Morgan fingerprint density at radius 3 is 2.06 bits per heavy atom. The number of benzene rings is 7. The molecule has 4 aliphatic rings. The standard InChI is InChI=1S/C53H40/c1-53(2)50-18-10-9-16-46(50)47-26-25-36(32-51(47)53)35-22-19-33-20-23-37(30-39(33)29-35)40-27-28-45(43-14-6-5-13-42(40)43)49-31-38-24-21-34-11-3-4-12-41(34)52(38)48-17-8-7-15-44(48)49/h3-32,38,44,48,52H,1-2H3. The number of hydrogen-bond acceptors (Lipinski definition) is 0. The molecule has 0 bridgehead atoms. The van der Waals surface area contributed by atoms with Crippen molar-refractivity contribution in [3.8, 4) is 33.4 Å². The van der Waals surface area contributed by atoms with Gasteiger partial charge in [0.2, 0.25) is 0 Å². The van der Waals surface area contributed by atoms with Crippen LogP contribution in [0.1, 0.15) is 47.6 Å². The van der Waals surface area contributed by atoms with Crippen molar-refractivity contribution in [2.24, 2.45) is 17.8 Å². The fourth-order valence-corrected chi connectivity index (χ4v) is 10.3. The summed E-state index contributed by atoms with van der Waals surface area (Å²) in [6.45, 7) is 4.72. The molecule has 252 valence electrons. The predicted molar refractivity (Wildman–Crippen MR) is 225 cm³/mol. The average Bonchev–Trinajstić information content (AvgIpc) is 3.44. The molecule has 0 N–H and O–H groups in total. The van der Waals surface area contributed by atoms with E-state index in [1.807, 2.05) is 0 Å². The molecule has 0 aromatic heterocycles. The van der Waals surface area contributed by atoms with Crippen LogP contribution in [0, 0.1) is 17.8 Å². The molecule has 53 heavy (non-hydrogen) atoms. The zero-order chi connectivity index (χ0) is 35.3. The minimum atomic E-state index is -0.0159. The maximum absolute atomic E-state index is 2.58. The van der Waals surface area contributed by atoms with E-state index in [0.29, 0.717) is 23.7 Å². The van der Waals surface area contributed by atoms with E-state index >= 15 is 0 Å². The van der Waals surface area contributed by atoms with Crippen LogP contribution in [0.25, 0.3) is 66.6 Å². The van der Waals surface area contributed by atoms with Gasteiger partial charge in [0, 0.05) is 23.2 Å². The van der Waals surface area contributed by atoms with Crippen molar-refractivity contribution in [2.75, 3.05) is 0 Å². The SMILES string of the molecule is CC1(C)c2ccccc2-c2ccc(-c3ccc4ccc(-c5ccc(C6=CC7C=Cc8ccccc8C7C7C=CC=CC67)c6ccccc56)cc4c3)cc21. The summed E-state index contributed by atoms with van der Waals surface area (Å²) in [5, 5.41) is 5.16. The second kappa shape index (κ2) is 11.5. The van der Waals surface area contributed by atoms with Crippen molar-refractivity contribution in [1.82, 2.24) is 0 Å². The summed E-state index contributed by atoms with van der Waals surface area (Å²) < 4.78 is 0. The van der Waals surface area contributed by atoms with Crippen LogP contribution in [-0.2, 0) is 5.41 Å². The highest BCUT2D eigenvalue weighted by Crippen LogP contribution is 2.54. The highest BCUT2D eigenvalue weighted by molar-refractivity contribution is 6.05. The molecule has 7 aromatic carbocycles. The second-order valence-corrected chi connectivity index (χ2v) is 16.0. The smallest absolute Gasteiger partial charge is 0.0159 e. The third kappa shape index (κ3) is 4.61. The first-order valence-electron chi connectivity index (χ1n) is 19.2. The highest BCUT2D eigenvalue weighted by atomic mass is 14.4. The van der Waals surface area contributed by atoms with E-state index in [1.165, 1.54) is 88.3 Å². The van der Waals surface area contributed by atoms with Crippen molar-refractivity contribution in [3.63, 3.8) is 0 Å². The van der Waals surface area contributed by atoms with Crippen LogP contribution in [0.3, 0.4) is 0 Å². The largest absolute Gasteiger partial charge is 0.0799 e. The van der Waals surface area contributed by atoms with Crippen molar-refractivity contribution < 1.29 is 0 Å². The van der Waals surface area contributed by atoms with Gasteiger partial charge in [0.25, 0.3) is 0 Å². The summed E-state index contributed by atoms with van der Waals surface area (Å²) in [7, 11) is 0. The summed E-state index contributed by atoms with van der Waals surface area (Å²) in [5.74, 6) is 1.60. The molecule has 0 radical (unpaired) electrons. The molecule has 0 heteroatoms. The van der Waals surface area contributed by atoms with Crippen LogP contribution in [0.15, 0.2) is 176 Å². The molecule has 0 heterocycles. The molecular weight excluding hydrogens is 637 g/mol. The lowest BCUT2D eigenvalue weighted by atomic mass is 9.60. The Labute approximate surface area is 312 Å². The molecule has 0 saturated carbocycles. The fourth-order valence-electron chi connectivity index (χ4n) is 10.3. The first kappa shape index (κ1) is 30.6. The fraction of sp³-hybridized carbons (Fsp3) is 0.132. The van der Waals surface area contributed by atoms with Gasteiger partial charge in [0.1, 0.15) is 0 Å². The first-order chi connectivity index (χ1) is 26.0. The third-order valence-electron chi connectivity index (χ3n) is 12.9. The Hall–Kier alpha value is -5.98. The maximum atomic E-state index is 2.58. The normalized spacial score (nSPS) is 21.4. The summed E-state index contributed by atoms with van der Waals surface area (Å²) >= 11 is 0. The molecule has 7 aromatic rings. The van der Waals surface area contributed by atoms with E-state index in [1.54, 1.807) is 0 Å². The average molecular weight is 677 g/mol. The Balaban J connectivity index is 0.994. The molecule has 0 nitrogen and oxygen atoms in total. The van der Waals surface area contributed by atoms with E-state index in [-0.39, 0.29) is 5.41 Å². The third-order valence-corrected chi connectivity index (χ3v) is 12.9. The Morgan fingerprint density at radius 1 is 0.491 bits per heavy atom. The first-order valence-corrected chi connectivity index (χ1v) is 19.2. The number of hydrogen-bond donors (Lipinski definition) is 0. The lowest BCUT2D eigenvalue weighted by molar-refractivity contribution is 0.385. The van der Waals surface area contributed by atoms with Crippen LogP contribution in [0.4, 0.5) is 0 Å². The summed E-state index contributed by atoms with van der Waals surface area (Å²) in [5.41, 5.74) is 16.3. The predicted octanol–water partition coefficient (Wildman–Crippen LogP) is 13.8. The minimum absolute atomic E-state index is 0.0159. The number of fused-ring (bicyclic) bond motifs is 10. The van der Waals surface area contributed by atoms with Crippen LogP contribution in [0.2, 0.25) is 0 Å².